The predicted octanol–water partition coefficient (Wildman–Crippen LogP) is 1.43. The van der Waals surface area contributed by atoms with Crippen molar-refractivity contribution in [2.45, 2.75) is 0 Å². The van der Waals surface area contributed by atoms with E-state index in [-0.39, 0.29) is 12.5 Å². The largest absolute Gasteiger partial charge is 0.382 e. The summed E-state index contributed by atoms with van der Waals surface area (Å²) in [6.07, 6.45) is 0. The number of halogens is 1. The van der Waals surface area contributed by atoms with Crippen LogP contribution in [-0.4, -0.2) is 32.8 Å². The van der Waals surface area contributed by atoms with Crippen molar-refractivity contribution in [2.24, 2.45) is 0 Å². The molecule has 4 nitrogen and oxygen atoms in total. The summed E-state index contributed by atoms with van der Waals surface area (Å²) in [6, 6.07) is 5.69. The summed E-state index contributed by atoms with van der Waals surface area (Å²) in [5, 5.41) is 2.51. The van der Waals surface area contributed by atoms with E-state index in [1.165, 1.54) is 18.2 Å². The van der Waals surface area contributed by atoms with Crippen molar-refractivity contribution in [3.05, 3.63) is 30.1 Å². The van der Waals surface area contributed by atoms with Crippen LogP contribution in [0.5, 0.6) is 0 Å². The van der Waals surface area contributed by atoms with Gasteiger partial charge < -0.3 is 14.8 Å². The van der Waals surface area contributed by atoms with Gasteiger partial charge in [0.15, 0.2) is 0 Å². The highest BCUT2D eigenvalue weighted by atomic mass is 19.1. The molecule has 0 atom stereocenters. The molecule has 0 spiro atoms. The van der Waals surface area contributed by atoms with Gasteiger partial charge in [0.1, 0.15) is 12.4 Å². The molecule has 0 saturated heterocycles. The van der Waals surface area contributed by atoms with Crippen LogP contribution < -0.4 is 5.32 Å². The Morgan fingerprint density at radius 1 is 1.44 bits per heavy atom. The quantitative estimate of drug-likeness (QED) is 0.748. The van der Waals surface area contributed by atoms with Crippen LogP contribution in [0.3, 0.4) is 0 Å². The molecular formula is C11H14FNO3. The Hall–Kier alpha value is -1.46. The monoisotopic (exact) mass is 227 g/mol. The molecule has 0 radical (unpaired) electrons. The number of anilines is 1. The highest BCUT2D eigenvalue weighted by molar-refractivity contribution is 5.91. The Morgan fingerprint density at radius 3 is 2.94 bits per heavy atom. The van der Waals surface area contributed by atoms with E-state index in [4.69, 9.17) is 9.47 Å². The zero-order valence-electron chi connectivity index (χ0n) is 9.03. The number of nitrogens with one attached hydrogen (secondary N) is 1. The molecule has 0 aliphatic heterocycles. The number of rotatable bonds is 6. The molecule has 0 unspecified atom stereocenters. The minimum absolute atomic E-state index is 0.0696. The maximum Gasteiger partial charge on any atom is 0.250 e. The summed E-state index contributed by atoms with van der Waals surface area (Å²) in [4.78, 5) is 11.3. The van der Waals surface area contributed by atoms with Gasteiger partial charge in [-0.25, -0.2) is 4.39 Å². The van der Waals surface area contributed by atoms with Crippen molar-refractivity contribution in [3.8, 4) is 0 Å². The lowest BCUT2D eigenvalue weighted by Crippen LogP contribution is -2.19. The second kappa shape index (κ2) is 6.92. The van der Waals surface area contributed by atoms with Crippen molar-refractivity contribution in [1.82, 2.24) is 0 Å². The van der Waals surface area contributed by atoms with Crippen LogP contribution in [0.2, 0.25) is 0 Å². The van der Waals surface area contributed by atoms with Gasteiger partial charge in [0.05, 0.1) is 13.2 Å². The van der Waals surface area contributed by atoms with Crippen molar-refractivity contribution in [3.63, 3.8) is 0 Å². The number of carbonyl (C=O) groups excluding carboxylic acids is 1. The molecule has 1 aromatic carbocycles. The molecule has 1 N–H and O–H groups in total. The summed E-state index contributed by atoms with van der Waals surface area (Å²) in [7, 11) is 1.55. The number of hydrogen-bond acceptors (Lipinski definition) is 3. The minimum atomic E-state index is -0.391. The lowest BCUT2D eigenvalue weighted by molar-refractivity contribution is -0.121. The molecule has 0 aromatic heterocycles. The summed E-state index contributed by atoms with van der Waals surface area (Å²) >= 11 is 0. The van der Waals surface area contributed by atoms with Crippen molar-refractivity contribution in [2.75, 3.05) is 32.2 Å². The molecule has 1 amide bonds. The Balaban J connectivity index is 2.29. The Morgan fingerprint density at radius 2 is 2.25 bits per heavy atom. The molecule has 1 rings (SSSR count). The molecular weight excluding hydrogens is 213 g/mol. The average Bonchev–Trinajstić information content (AvgIpc) is 2.24. The maximum atomic E-state index is 12.8. The van der Waals surface area contributed by atoms with E-state index in [0.29, 0.717) is 18.9 Å². The van der Waals surface area contributed by atoms with E-state index in [1.807, 2.05) is 0 Å². The van der Waals surface area contributed by atoms with Crippen molar-refractivity contribution < 1.29 is 18.7 Å². The van der Waals surface area contributed by atoms with Gasteiger partial charge in [0.2, 0.25) is 5.91 Å². The van der Waals surface area contributed by atoms with E-state index in [2.05, 4.69) is 5.32 Å². The molecule has 0 aliphatic carbocycles. The third kappa shape index (κ3) is 4.86. The van der Waals surface area contributed by atoms with E-state index in [9.17, 15) is 9.18 Å². The SMILES string of the molecule is COCCOCC(=O)Nc1cccc(F)c1. The molecule has 88 valence electrons. The summed E-state index contributed by atoms with van der Waals surface area (Å²) in [6.45, 7) is 0.722. The lowest BCUT2D eigenvalue weighted by Gasteiger charge is -2.05. The second-order valence-corrected chi connectivity index (χ2v) is 3.10. The number of benzene rings is 1. The fourth-order valence-corrected chi connectivity index (χ4v) is 1.07. The first-order valence-corrected chi connectivity index (χ1v) is 4.84. The van der Waals surface area contributed by atoms with Crippen LogP contribution in [-0.2, 0) is 14.3 Å². The Bertz CT molecular complexity index is 344. The van der Waals surface area contributed by atoms with Crippen LogP contribution in [0.15, 0.2) is 24.3 Å². The average molecular weight is 227 g/mol. The van der Waals surface area contributed by atoms with Crippen molar-refractivity contribution >= 4 is 11.6 Å². The third-order valence-corrected chi connectivity index (χ3v) is 1.77. The molecule has 16 heavy (non-hydrogen) atoms. The number of amides is 1. The topological polar surface area (TPSA) is 47.6 Å². The Kier molecular flexibility index (Phi) is 5.45. The highest BCUT2D eigenvalue weighted by Crippen LogP contribution is 2.08. The van der Waals surface area contributed by atoms with Crippen LogP contribution >= 0.6 is 0 Å². The first-order chi connectivity index (χ1) is 7.72. The maximum absolute atomic E-state index is 12.8. The van der Waals surface area contributed by atoms with Gasteiger partial charge in [-0.15, -0.1) is 0 Å². The van der Waals surface area contributed by atoms with Gasteiger partial charge in [0.25, 0.3) is 0 Å². The number of carbonyl (C=O) groups is 1. The molecule has 1 aromatic rings. The minimum Gasteiger partial charge on any atom is -0.382 e. The molecule has 0 fully saturated rings. The number of ether oxygens (including phenoxy) is 2. The molecule has 0 heterocycles. The van der Waals surface area contributed by atoms with E-state index in [0.717, 1.165) is 0 Å². The fourth-order valence-electron chi connectivity index (χ4n) is 1.07. The first-order valence-electron chi connectivity index (χ1n) is 4.84. The fraction of sp³-hybridized carbons (Fsp3) is 0.364. The van der Waals surface area contributed by atoms with Gasteiger partial charge in [-0.05, 0) is 18.2 Å². The van der Waals surface area contributed by atoms with E-state index in [1.54, 1.807) is 13.2 Å². The molecule has 0 saturated carbocycles. The first kappa shape index (κ1) is 12.6. The smallest absolute Gasteiger partial charge is 0.250 e. The van der Waals surface area contributed by atoms with Gasteiger partial charge in [-0.3, -0.25) is 4.79 Å². The zero-order chi connectivity index (χ0) is 11.8. The lowest BCUT2D eigenvalue weighted by atomic mass is 10.3. The zero-order valence-corrected chi connectivity index (χ0v) is 9.03. The molecule has 0 bridgehead atoms. The normalized spacial score (nSPS) is 10.1. The van der Waals surface area contributed by atoms with E-state index >= 15 is 0 Å². The summed E-state index contributed by atoms with van der Waals surface area (Å²) in [5.74, 6) is -0.709. The van der Waals surface area contributed by atoms with Gasteiger partial charge in [-0.2, -0.15) is 0 Å². The van der Waals surface area contributed by atoms with Crippen molar-refractivity contribution in [1.29, 1.82) is 0 Å². The van der Waals surface area contributed by atoms with Crippen LogP contribution in [0.1, 0.15) is 0 Å². The highest BCUT2D eigenvalue weighted by Gasteiger charge is 2.02. The third-order valence-electron chi connectivity index (χ3n) is 1.77. The second-order valence-electron chi connectivity index (χ2n) is 3.10. The standard InChI is InChI=1S/C11H14FNO3/c1-15-5-6-16-8-11(14)13-10-4-2-3-9(12)7-10/h2-4,7H,5-6,8H2,1H3,(H,13,14). The summed E-state index contributed by atoms with van der Waals surface area (Å²) < 4.78 is 22.5. The van der Waals surface area contributed by atoms with Gasteiger partial charge in [0, 0.05) is 12.8 Å². The van der Waals surface area contributed by atoms with Crippen LogP contribution in [0.25, 0.3) is 0 Å². The summed E-state index contributed by atoms with van der Waals surface area (Å²) in [5.41, 5.74) is 0.417. The van der Waals surface area contributed by atoms with Gasteiger partial charge >= 0.3 is 0 Å². The Labute approximate surface area is 93.4 Å². The number of methoxy groups -OCH3 is 1. The van der Waals surface area contributed by atoms with Crippen LogP contribution in [0.4, 0.5) is 10.1 Å². The molecule has 0 aliphatic rings. The van der Waals surface area contributed by atoms with Crippen LogP contribution in [0, 0.1) is 5.82 Å². The van der Waals surface area contributed by atoms with E-state index < -0.39 is 5.82 Å². The molecule has 5 heteroatoms. The predicted molar refractivity (Wildman–Crippen MR) is 57.7 cm³/mol. The number of hydrogen-bond donors (Lipinski definition) is 1. The van der Waals surface area contributed by atoms with Gasteiger partial charge in [-0.1, -0.05) is 6.07 Å².